The van der Waals surface area contributed by atoms with Gasteiger partial charge < -0.3 is 4.74 Å². The maximum absolute atomic E-state index is 12.5. The Hall–Kier alpha value is -1.56. The van der Waals surface area contributed by atoms with E-state index in [0.29, 0.717) is 10.8 Å². The molecule has 21 heavy (non-hydrogen) atoms. The topological polar surface area (TPSA) is 46.6 Å². The fourth-order valence-corrected chi connectivity index (χ4v) is 3.18. The predicted molar refractivity (Wildman–Crippen MR) is 83.1 cm³/mol. The van der Waals surface area contributed by atoms with Crippen molar-refractivity contribution in [2.75, 3.05) is 14.2 Å². The van der Waals surface area contributed by atoms with Crippen LogP contribution in [0.2, 0.25) is 5.02 Å². The average Bonchev–Trinajstić information content (AvgIpc) is 2.48. The third-order valence-corrected chi connectivity index (χ3v) is 5.13. The first-order valence-corrected chi connectivity index (χ1v) is 8.10. The largest absolute Gasteiger partial charge is 0.497 e. The lowest BCUT2D eigenvalue weighted by Crippen LogP contribution is -2.26. The summed E-state index contributed by atoms with van der Waals surface area (Å²) < 4.78 is 31.3. The van der Waals surface area contributed by atoms with E-state index in [-0.39, 0.29) is 11.4 Å². The van der Waals surface area contributed by atoms with Gasteiger partial charge in [0.25, 0.3) is 0 Å². The molecule has 2 aromatic rings. The number of hydrogen-bond acceptors (Lipinski definition) is 3. The minimum Gasteiger partial charge on any atom is -0.497 e. The molecule has 0 heterocycles. The summed E-state index contributed by atoms with van der Waals surface area (Å²) in [6.07, 6.45) is 0. The van der Waals surface area contributed by atoms with Gasteiger partial charge in [0.2, 0.25) is 10.0 Å². The molecule has 0 spiro atoms. The molecular weight excluding hydrogens is 310 g/mol. The first kappa shape index (κ1) is 15.8. The predicted octanol–water partition coefficient (Wildman–Crippen LogP) is 3.17. The lowest BCUT2D eigenvalue weighted by molar-refractivity contribution is 0.412. The highest BCUT2D eigenvalue weighted by molar-refractivity contribution is 7.89. The number of ether oxygens (including phenoxy) is 1. The fourth-order valence-electron chi connectivity index (χ4n) is 1.90. The van der Waals surface area contributed by atoms with Crippen molar-refractivity contribution in [1.29, 1.82) is 0 Å². The van der Waals surface area contributed by atoms with Crippen LogP contribution in [-0.2, 0) is 16.6 Å². The molecule has 0 aliphatic heterocycles. The Morgan fingerprint density at radius 1 is 1.14 bits per heavy atom. The molecule has 0 aromatic heterocycles. The summed E-state index contributed by atoms with van der Waals surface area (Å²) in [7, 11) is -0.418. The Morgan fingerprint density at radius 2 is 1.81 bits per heavy atom. The molecule has 0 N–H and O–H groups in total. The van der Waals surface area contributed by atoms with Gasteiger partial charge in [-0.15, -0.1) is 0 Å². The molecule has 0 aliphatic carbocycles. The first-order chi connectivity index (χ1) is 9.93. The highest BCUT2D eigenvalue weighted by Gasteiger charge is 2.20. The zero-order chi connectivity index (χ0) is 15.5. The van der Waals surface area contributed by atoms with E-state index in [1.54, 1.807) is 26.3 Å². The molecule has 0 saturated heterocycles. The first-order valence-electron chi connectivity index (χ1n) is 6.28. The summed E-state index contributed by atoms with van der Waals surface area (Å²) in [6.45, 7) is 0.266. The van der Waals surface area contributed by atoms with Gasteiger partial charge in [0.05, 0.1) is 12.0 Å². The molecule has 2 aromatic carbocycles. The van der Waals surface area contributed by atoms with Gasteiger partial charge in [-0.3, -0.25) is 0 Å². The van der Waals surface area contributed by atoms with Crippen molar-refractivity contribution in [2.24, 2.45) is 0 Å². The van der Waals surface area contributed by atoms with E-state index in [2.05, 4.69) is 0 Å². The van der Waals surface area contributed by atoms with Crippen molar-refractivity contribution >= 4 is 21.6 Å². The lowest BCUT2D eigenvalue weighted by atomic mass is 10.2. The third kappa shape index (κ3) is 3.75. The van der Waals surface area contributed by atoms with Gasteiger partial charge in [-0.2, -0.15) is 4.31 Å². The van der Waals surface area contributed by atoms with Crippen LogP contribution < -0.4 is 4.74 Å². The van der Waals surface area contributed by atoms with Crippen LogP contribution in [0.25, 0.3) is 0 Å². The van der Waals surface area contributed by atoms with Gasteiger partial charge in [-0.1, -0.05) is 23.7 Å². The molecule has 0 saturated carbocycles. The molecule has 0 aliphatic rings. The number of nitrogens with zero attached hydrogens (tertiary/aromatic N) is 1. The van der Waals surface area contributed by atoms with Gasteiger partial charge in [0, 0.05) is 18.6 Å². The summed E-state index contributed by atoms with van der Waals surface area (Å²) in [4.78, 5) is 0.220. The Labute approximate surface area is 130 Å². The number of rotatable bonds is 5. The fraction of sp³-hybridized carbons (Fsp3) is 0.200. The maximum atomic E-state index is 12.5. The second-order valence-electron chi connectivity index (χ2n) is 4.57. The zero-order valence-electron chi connectivity index (χ0n) is 11.8. The van der Waals surface area contributed by atoms with Crippen LogP contribution in [0.3, 0.4) is 0 Å². The number of benzene rings is 2. The monoisotopic (exact) mass is 325 g/mol. The van der Waals surface area contributed by atoms with Gasteiger partial charge in [-0.25, -0.2) is 8.42 Å². The number of halogens is 1. The molecule has 0 radical (unpaired) electrons. The molecular formula is C15H16ClNO3S. The Balaban J connectivity index is 2.22. The third-order valence-electron chi connectivity index (χ3n) is 3.06. The van der Waals surface area contributed by atoms with E-state index in [9.17, 15) is 8.42 Å². The van der Waals surface area contributed by atoms with E-state index in [4.69, 9.17) is 16.3 Å². The number of sulfonamides is 1. The van der Waals surface area contributed by atoms with Crippen molar-refractivity contribution in [3.63, 3.8) is 0 Å². The second-order valence-corrected chi connectivity index (χ2v) is 7.05. The summed E-state index contributed by atoms with van der Waals surface area (Å²) >= 11 is 5.78. The molecule has 112 valence electrons. The van der Waals surface area contributed by atoms with Gasteiger partial charge in [0.1, 0.15) is 5.75 Å². The van der Waals surface area contributed by atoms with E-state index in [0.717, 1.165) is 5.56 Å². The van der Waals surface area contributed by atoms with Gasteiger partial charge >= 0.3 is 0 Å². The van der Waals surface area contributed by atoms with Crippen LogP contribution in [0.15, 0.2) is 53.4 Å². The van der Waals surface area contributed by atoms with Crippen LogP contribution in [-0.4, -0.2) is 26.9 Å². The molecule has 0 atom stereocenters. The normalized spacial score (nSPS) is 11.6. The lowest BCUT2D eigenvalue weighted by Gasteiger charge is -2.17. The summed E-state index contributed by atoms with van der Waals surface area (Å²) in [5, 5.41) is 0.504. The Morgan fingerprint density at radius 3 is 2.43 bits per heavy atom. The number of hydrogen-bond donors (Lipinski definition) is 0. The highest BCUT2D eigenvalue weighted by atomic mass is 35.5. The quantitative estimate of drug-likeness (QED) is 0.848. The van der Waals surface area contributed by atoms with E-state index in [1.807, 2.05) is 24.3 Å². The van der Waals surface area contributed by atoms with Crippen molar-refractivity contribution in [1.82, 2.24) is 4.31 Å². The minimum absolute atomic E-state index is 0.220. The second kappa shape index (κ2) is 6.47. The van der Waals surface area contributed by atoms with Crippen LogP contribution in [0, 0.1) is 0 Å². The van der Waals surface area contributed by atoms with Crippen molar-refractivity contribution < 1.29 is 13.2 Å². The van der Waals surface area contributed by atoms with Crippen molar-refractivity contribution in [2.45, 2.75) is 11.4 Å². The van der Waals surface area contributed by atoms with E-state index in [1.165, 1.54) is 16.4 Å². The van der Waals surface area contributed by atoms with Crippen LogP contribution in [0.1, 0.15) is 5.56 Å². The van der Waals surface area contributed by atoms with Crippen molar-refractivity contribution in [3.8, 4) is 5.75 Å². The van der Waals surface area contributed by atoms with Crippen LogP contribution in [0.5, 0.6) is 5.75 Å². The Kier molecular flexibility index (Phi) is 4.88. The minimum atomic E-state index is -3.54. The molecule has 0 unspecified atom stereocenters. The smallest absolute Gasteiger partial charge is 0.243 e. The highest BCUT2D eigenvalue weighted by Crippen LogP contribution is 2.20. The van der Waals surface area contributed by atoms with Crippen LogP contribution >= 0.6 is 11.6 Å². The molecule has 6 heteroatoms. The molecule has 2 rings (SSSR count). The maximum Gasteiger partial charge on any atom is 0.243 e. The van der Waals surface area contributed by atoms with Crippen LogP contribution in [0.4, 0.5) is 0 Å². The molecule has 0 bridgehead atoms. The number of methoxy groups -OCH3 is 1. The summed E-state index contributed by atoms with van der Waals surface area (Å²) in [6, 6.07) is 13.4. The van der Waals surface area contributed by atoms with Gasteiger partial charge in [0.15, 0.2) is 0 Å². The molecule has 4 nitrogen and oxygen atoms in total. The average molecular weight is 326 g/mol. The standard InChI is InChI=1S/C15H16ClNO3S/c1-17(11-12-4-3-5-14(10-12)20-2)21(18,19)15-8-6-13(16)7-9-15/h3-10H,11H2,1-2H3. The zero-order valence-corrected chi connectivity index (χ0v) is 13.4. The molecule has 0 amide bonds. The van der Waals surface area contributed by atoms with E-state index < -0.39 is 10.0 Å². The van der Waals surface area contributed by atoms with E-state index >= 15 is 0 Å². The molecule has 0 fully saturated rings. The summed E-state index contributed by atoms with van der Waals surface area (Å²) in [5.74, 6) is 0.699. The Bertz CT molecular complexity index is 714. The van der Waals surface area contributed by atoms with Crippen molar-refractivity contribution in [3.05, 3.63) is 59.1 Å². The SMILES string of the molecule is COc1cccc(CN(C)S(=O)(=O)c2ccc(Cl)cc2)c1. The van der Waals surface area contributed by atoms with Gasteiger partial charge in [-0.05, 0) is 42.0 Å². The summed E-state index contributed by atoms with van der Waals surface area (Å²) in [5.41, 5.74) is 0.856.